The molecule has 7 nitrogen and oxygen atoms in total. The first-order valence-corrected chi connectivity index (χ1v) is 8.48. The second-order valence-electron chi connectivity index (χ2n) is 6.27. The largest absolute Gasteiger partial charge is 0.480 e. The fourth-order valence-electron chi connectivity index (χ4n) is 2.44. The van der Waals surface area contributed by atoms with Gasteiger partial charge < -0.3 is 10.4 Å². The van der Waals surface area contributed by atoms with Crippen molar-refractivity contribution >= 4 is 35.1 Å². The van der Waals surface area contributed by atoms with Crippen LogP contribution < -0.4 is 5.32 Å². The second kappa shape index (κ2) is 6.31. The van der Waals surface area contributed by atoms with Gasteiger partial charge in [-0.15, -0.1) is 5.10 Å². The number of hydrogen-bond acceptors (Lipinski definition) is 4. The van der Waals surface area contributed by atoms with Crippen LogP contribution in [0.5, 0.6) is 0 Å². The van der Waals surface area contributed by atoms with Crippen molar-refractivity contribution in [1.82, 2.24) is 20.1 Å². The predicted octanol–water partition coefficient (Wildman–Crippen LogP) is 3.04. The zero-order valence-electron chi connectivity index (χ0n) is 13.6. The third kappa shape index (κ3) is 3.21. The van der Waals surface area contributed by atoms with Crippen LogP contribution in [0.4, 0.5) is 0 Å². The number of carbonyl (C=O) groups excluding carboxylic acids is 1. The SMILES string of the molecule is CC(C)c1nc(C(=O)NC2(C(=O)O)CC2)nn1-c1c(Cl)cccc1Cl. The summed E-state index contributed by atoms with van der Waals surface area (Å²) in [6, 6.07) is 5.04. The molecule has 0 unspecified atom stereocenters. The van der Waals surface area contributed by atoms with Crippen LogP contribution in [-0.4, -0.2) is 37.3 Å². The van der Waals surface area contributed by atoms with Crippen molar-refractivity contribution < 1.29 is 14.7 Å². The molecule has 0 bridgehead atoms. The zero-order chi connectivity index (χ0) is 18.4. The van der Waals surface area contributed by atoms with Crippen LogP contribution in [0.15, 0.2) is 18.2 Å². The Kier molecular flexibility index (Phi) is 4.47. The van der Waals surface area contributed by atoms with Gasteiger partial charge in [0.15, 0.2) is 0 Å². The molecule has 1 heterocycles. The summed E-state index contributed by atoms with van der Waals surface area (Å²) < 4.78 is 1.44. The molecule has 1 fully saturated rings. The summed E-state index contributed by atoms with van der Waals surface area (Å²) in [6.07, 6.45) is 0.782. The highest BCUT2D eigenvalue weighted by Gasteiger charge is 2.52. The van der Waals surface area contributed by atoms with Crippen LogP contribution in [0.1, 0.15) is 49.1 Å². The minimum atomic E-state index is -1.21. The lowest BCUT2D eigenvalue weighted by Crippen LogP contribution is -2.43. The Bertz CT molecular complexity index is 839. The van der Waals surface area contributed by atoms with Crippen molar-refractivity contribution in [3.8, 4) is 5.69 Å². The Labute approximate surface area is 154 Å². The normalized spacial score (nSPS) is 15.2. The number of carbonyl (C=O) groups is 2. The number of carboxylic acids is 1. The average molecular weight is 383 g/mol. The molecule has 1 aromatic heterocycles. The quantitative estimate of drug-likeness (QED) is 0.827. The molecule has 0 spiro atoms. The Hall–Kier alpha value is -2.12. The summed E-state index contributed by atoms with van der Waals surface area (Å²) in [5.74, 6) is -1.37. The van der Waals surface area contributed by atoms with Crippen LogP contribution >= 0.6 is 23.2 Å². The molecule has 0 aliphatic heterocycles. The molecule has 9 heteroatoms. The summed E-state index contributed by atoms with van der Waals surface area (Å²) in [7, 11) is 0. The number of aliphatic carboxylic acids is 1. The highest BCUT2D eigenvalue weighted by Crippen LogP contribution is 2.36. The smallest absolute Gasteiger partial charge is 0.329 e. The molecule has 1 aliphatic rings. The van der Waals surface area contributed by atoms with Crippen LogP contribution in [0.2, 0.25) is 10.0 Å². The number of halogens is 2. The molecule has 1 amide bonds. The Morgan fingerprint density at radius 2 is 1.88 bits per heavy atom. The number of benzene rings is 1. The molecule has 1 aromatic carbocycles. The summed E-state index contributed by atoms with van der Waals surface area (Å²) in [5, 5.41) is 16.7. The fraction of sp³-hybridized carbons (Fsp3) is 0.375. The number of aromatic nitrogens is 3. The first-order valence-electron chi connectivity index (χ1n) is 7.72. The Morgan fingerprint density at radius 1 is 1.28 bits per heavy atom. The lowest BCUT2D eigenvalue weighted by Gasteiger charge is -2.11. The summed E-state index contributed by atoms with van der Waals surface area (Å²) in [5.41, 5.74) is -0.775. The maximum atomic E-state index is 12.4. The minimum Gasteiger partial charge on any atom is -0.480 e. The van der Waals surface area contributed by atoms with Gasteiger partial charge in [0.1, 0.15) is 17.1 Å². The van der Waals surface area contributed by atoms with Crippen LogP contribution in [0, 0.1) is 0 Å². The molecule has 25 heavy (non-hydrogen) atoms. The topological polar surface area (TPSA) is 97.1 Å². The van der Waals surface area contributed by atoms with Gasteiger partial charge in [0, 0.05) is 5.92 Å². The third-order valence-corrected chi connectivity index (χ3v) is 4.62. The van der Waals surface area contributed by atoms with E-state index in [0.29, 0.717) is 34.4 Å². The lowest BCUT2D eigenvalue weighted by atomic mass is 10.2. The summed E-state index contributed by atoms with van der Waals surface area (Å²) >= 11 is 12.5. The van der Waals surface area contributed by atoms with Gasteiger partial charge in [0.05, 0.1) is 10.0 Å². The van der Waals surface area contributed by atoms with E-state index in [1.54, 1.807) is 18.2 Å². The predicted molar refractivity (Wildman–Crippen MR) is 92.5 cm³/mol. The fourth-order valence-corrected chi connectivity index (χ4v) is 3.00. The highest BCUT2D eigenvalue weighted by atomic mass is 35.5. The molecule has 132 valence electrons. The summed E-state index contributed by atoms with van der Waals surface area (Å²) in [6.45, 7) is 3.79. The molecule has 0 radical (unpaired) electrons. The maximum absolute atomic E-state index is 12.4. The van der Waals surface area contributed by atoms with Gasteiger partial charge in [0.25, 0.3) is 5.91 Å². The number of rotatable bonds is 5. The van der Waals surface area contributed by atoms with Gasteiger partial charge >= 0.3 is 5.97 Å². The number of nitrogens with one attached hydrogen (secondary N) is 1. The van der Waals surface area contributed by atoms with Crippen molar-refractivity contribution in [2.75, 3.05) is 0 Å². The van der Waals surface area contributed by atoms with Crippen molar-refractivity contribution in [1.29, 1.82) is 0 Å². The van der Waals surface area contributed by atoms with E-state index >= 15 is 0 Å². The number of hydrogen-bond donors (Lipinski definition) is 2. The zero-order valence-corrected chi connectivity index (χ0v) is 15.1. The second-order valence-corrected chi connectivity index (χ2v) is 7.09. The summed E-state index contributed by atoms with van der Waals surface area (Å²) in [4.78, 5) is 27.9. The van der Waals surface area contributed by atoms with E-state index in [9.17, 15) is 14.7 Å². The van der Waals surface area contributed by atoms with Crippen molar-refractivity contribution in [2.45, 2.75) is 38.1 Å². The van der Waals surface area contributed by atoms with E-state index < -0.39 is 17.4 Å². The van der Waals surface area contributed by atoms with E-state index in [0.717, 1.165) is 0 Å². The third-order valence-electron chi connectivity index (χ3n) is 4.01. The van der Waals surface area contributed by atoms with Gasteiger partial charge in [-0.25, -0.2) is 14.5 Å². The highest BCUT2D eigenvalue weighted by molar-refractivity contribution is 6.37. The monoisotopic (exact) mass is 382 g/mol. The Morgan fingerprint density at radius 3 is 2.36 bits per heavy atom. The van der Waals surface area contributed by atoms with Crippen molar-refractivity contribution in [3.63, 3.8) is 0 Å². The first-order chi connectivity index (χ1) is 11.7. The van der Waals surface area contributed by atoms with E-state index in [1.807, 2.05) is 13.8 Å². The molecule has 3 rings (SSSR count). The number of nitrogens with zero attached hydrogens (tertiary/aromatic N) is 3. The molecule has 0 atom stereocenters. The Balaban J connectivity index is 2.01. The molecular weight excluding hydrogens is 367 g/mol. The van der Waals surface area contributed by atoms with E-state index in [1.165, 1.54) is 4.68 Å². The molecule has 2 aromatic rings. The molecular formula is C16H16Cl2N4O3. The van der Waals surface area contributed by atoms with Gasteiger partial charge in [-0.3, -0.25) is 4.79 Å². The van der Waals surface area contributed by atoms with Crippen LogP contribution in [-0.2, 0) is 4.79 Å². The minimum absolute atomic E-state index is 0.0595. The van der Waals surface area contributed by atoms with Gasteiger partial charge in [-0.05, 0) is 25.0 Å². The van der Waals surface area contributed by atoms with E-state index in [2.05, 4.69) is 15.4 Å². The number of carboxylic acid groups (broad SMARTS) is 1. The van der Waals surface area contributed by atoms with E-state index in [-0.39, 0.29) is 11.7 Å². The number of amides is 1. The van der Waals surface area contributed by atoms with Crippen molar-refractivity contribution in [3.05, 3.63) is 39.9 Å². The standard InChI is InChI=1S/C16H16Cl2N4O3/c1-8(2)13-19-12(14(23)20-16(6-7-16)15(24)25)21-22(13)11-9(17)4-3-5-10(11)18/h3-5,8H,6-7H2,1-2H3,(H,20,23)(H,24,25). The van der Waals surface area contributed by atoms with Gasteiger partial charge in [0.2, 0.25) is 5.82 Å². The van der Waals surface area contributed by atoms with Crippen LogP contribution in [0.3, 0.4) is 0 Å². The van der Waals surface area contributed by atoms with E-state index in [4.69, 9.17) is 23.2 Å². The molecule has 2 N–H and O–H groups in total. The van der Waals surface area contributed by atoms with Crippen LogP contribution in [0.25, 0.3) is 5.69 Å². The average Bonchev–Trinajstić information content (AvgIpc) is 3.17. The van der Waals surface area contributed by atoms with Crippen molar-refractivity contribution in [2.24, 2.45) is 0 Å². The molecule has 1 aliphatic carbocycles. The lowest BCUT2D eigenvalue weighted by molar-refractivity contribution is -0.140. The number of para-hydroxylation sites is 1. The molecule has 0 saturated heterocycles. The first kappa shape index (κ1) is 17.7. The molecule has 1 saturated carbocycles. The van der Waals surface area contributed by atoms with Gasteiger partial charge in [-0.2, -0.15) is 0 Å². The van der Waals surface area contributed by atoms with Gasteiger partial charge in [-0.1, -0.05) is 43.1 Å². The maximum Gasteiger partial charge on any atom is 0.329 e.